The van der Waals surface area contributed by atoms with E-state index in [9.17, 15) is 9.18 Å². The highest BCUT2D eigenvalue weighted by molar-refractivity contribution is 5.81. The SMILES string of the molecule is C#CCC(N)C(=O)N(C)Cc1cc(C#N)ccc1F. The van der Waals surface area contributed by atoms with Gasteiger partial charge in [-0.3, -0.25) is 4.79 Å². The second-order valence-corrected chi connectivity index (χ2v) is 4.13. The molecule has 98 valence electrons. The Bertz CT molecular complexity index is 557. The van der Waals surface area contributed by atoms with Crippen LogP contribution in [0.25, 0.3) is 0 Å². The van der Waals surface area contributed by atoms with Crippen LogP contribution in [0.15, 0.2) is 18.2 Å². The van der Waals surface area contributed by atoms with Crippen LogP contribution < -0.4 is 5.73 Å². The summed E-state index contributed by atoms with van der Waals surface area (Å²) in [5.74, 6) is 1.48. The van der Waals surface area contributed by atoms with Crippen molar-refractivity contribution in [3.05, 3.63) is 35.1 Å². The lowest BCUT2D eigenvalue weighted by atomic mass is 10.1. The minimum absolute atomic E-state index is 0.0401. The normalized spacial score (nSPS) is 11.2. The summed E-state index contributed by atoms with van der Waals surface area (Å²) < 4.78 is 13.6. The molecule has 2 N–H and O–H groups in total. The Morgan fingerprint density at radius 3 is 2.89 bits per heavy atom. The maximum atomic E-state index is 13.6. The third kappa shape index (κ3) is 3.80. The number of carbonyl (C=O) groups excluding carboxylic acids is 1. The lowest BCUT2D eigenvalue weighted by molar-refractivity contribution is -0.131. The van der Waals surface area contributed by atoms with E-state index in [0.717, 1.165) is 0 Å². The van der Waals surface area contributed by atoms with Crippen molar-refractivity contribution in [2.45, 2.75) is 19.0 Å². The molecule has 0 aromatic heterocycles. The summed E-state index contributed by atoms with van der Waals surface area (Å²) in [6.07, 6.45) is 5.21. The van der Waals surface area contributed by atoms with Crippen LogP contribution in [0, 0.1) is 29.5 Å². The number of rotatable bonds is 4. The largest absolute Gasteiger partial charge is 0.340 e. The highest BCUT2D eigenvalue weighted by Gasteiger charge is 2.18. The number of terminal acetylenes is 1. The first-order valence-corrected chi connectivity index (χ1v) is 5.62. The predicted molar refractivity (Wildman–Crippen MR) is 69.0 cm³/mol. The van der Waals surface area contributed by atoms with Crippen LogP contribution in [0.1, 0.15) is 17.5 Å². The number of nitrogens with zero attached hydrogens (tertiary/aromatic N) is 2. The van der Waals surface area contributed by atoms with Gasteiger partial charge in [0, 0.05) is 25.6 Å². The van der Waals surface area contributed by atoms with Gasteiger partial charge in [-0.1, -0.05) is 0 Å². The maximum absolute atomic E-state index is 13.6. The number of benzene rings is 1. The van der Waals surface area contributed by atoms with Gasteiger partial charge in [0.15, 0.2) is 0 Å². The lowest BCUT2D eigenvalue weighted by Crippen LogP contribution is -2.41. The van der Waals surface area contributed by atoms with Crippen LogP contribution in [-0.2, 0) is 11.3 Å². The van der Waals surface area contributed by atoms with Crippen molar-refractivity contribution in [3.63, 3.8) is 0 Å². The fraction of sp³-hybridized carbons (Fsp3) is 0.286. The molecule has 0 radical (unpaired) electrons. The molecule has 0 aliphatic carbocycles. The molecule has 4 nitrogen and oxygen atoms in total. The topological polar surface area (TPSA) is 70.1 Å². The fourth-order valence-electron chi connectivity index (χ4n) is 1.60. The van der Waals surface area contributed by atoms with Crippen molar-refractivity contribution < 1.29 is 9.18 Å². The molecule has 0 aliphatic rings. The van der Waals surface area contributed by atoms with E-state index < -0.39 is 11.9 Å². The number of hydrogen-bond donors (Lipinski definition) is 1. The highest BCUT2D eigenvalue weighted by Crippen LogP contribution is 2.12. The summed E-state index contributed by atoms with van der Waals surface area (Å²) in [5, 5.41) is 8.76. The van der Waals surface area contributed by atoms with E-state index in [2.05, 4.69) is 5.92 Å². The molecule has 0 fully saturated rings. The average Bonchev–Trinajstić information content (AvgIpc) is 2.40. The van der Waals surface area contributed by atoms with Crippen LogP contribution >= 0.6 is 0 Å². The quantitative estimate of drug-likeness (QED) is 0.820. The molecule has 0 heterocycles. The first-order valence-electron chi connectivity index (χ1n) is 5.62. The zero-order valence-electron chi connectivity index (χ0n) is 10.6. The van der Waals surface area contributed by atoms with Gasteiger partial charge in [0.25, 0.3) is 0 Å². The minimum Gasteiger partial charge on any atom is -0.340 e. The monoisotopic (exact) mass is 259 g/mol. The molecule has 0 aliphatic heterocycles. The molecule has 0 saturated heterocycles. The predicted octanol–water partition coefficient (Wildman–Crippen LogP) is 1.01. The third-order valence-corrected chi connectivity index (χ3v) is 2.61. The van der Waals surface area contributed by atoms with Gasteiger partial charge in [-0.2, -0.15) is 5.26 Å². The van der Waals surface area contributed by atoms with Gasteiger partial charge in [0.1, 0.15) is 5.82 Å². The standard InChI is InChI=1S/C14H14FN3O/c1-3-4-13(17)14(19)18(2)9-11-7-10(8-16)5-6-12(11)15/h1,5-7,13H,4,9,17H2,2H3. The Labute approximate surface area is 111 Å². The number of halogens is 1. The minimum atomic E-state index is -0.794. The molecule has 5 heteroatoms. The van der Waals surface area contributed by atoms with Gasteiger partial charge >= 0.3 is 0 Å². The van der Waals surface area contributed by atoms with Crippen LogP contribution in [0.5, 0.6) is 0 Å². The van der Waals surface area contributed by atoms with Gasteiger partial charge in [-0.05, 0) is 18.2 Å². The van der Waals surface area contributed by atoms with E-state index in [1.54, 1.807) is 0 Å². The van der Waals surface area contributed by atoms with E-state index in [0.29, 0.717) is 5.56 Å². The van der Waals surface area contributed by atoms with Gasteiger partial charge in [0.2, 0.25) is 5.91 Å². The molecular weight excluding hydrogens is 245 g/mol. The molecule has 0 spiro atoms. The van der Waals surface area contributed by atoms with Crippen molar-refractivity contribution in [1.82, 2.24) is 4.90 Å². The molecule has 1 rings (SSSR count). The van der Waals surface area contributed by atoms with Gasteiger partial charge in [-0.25, -0.2) is 4.39 Å². The molecule has 0 bridgehead atoms. The molecule has 1 aromatic rings. The Kier molecular flexibility index (Phi) is 5.05. The molecule has 19 heavy (non-hydrogen) atoms. The number of hydrogen-bond acceptors (Lipinski definition) is 3. The van der Waals surface area contributed by atoms with Crippen molar-refractivity contribution >= 4 is 5.91 Å². The second-order valence-electron chi connectivity index (χ2n) is 4.13. The van der Waals surface area contributed by atoms with Crippen molar-refractivity contribution in [1.29, 1.82) is 5.26 Å². The Morgan fingerprint density at radius 2 is 2.32 bits per heavy atom. The number of nitrogens with two attached hydrogens (primary N) is 1. The van der Waals surface area contributed by atoms with E-state index in [4.69, 9.17) is 17.4 Å². The summed E-state index contributed by atoms with van der Waals surface area (Å²) in [6, 6.07) is 5.11. The smallest absolute Gasteiger partial charge is 0.240 e. The van der Waals surface area contributed by atoms with E-state index in [-0.39, 0.29) is 24.4 Å². The van der Waals surface area contributed by atoms with Gasteiger partial charge < -0.3 is 10.6 Å². The first kappa shape index (κ1) is 14.7. The van der Waals surface area contributed by atoms with E-state index in [1.165, 1.54) is 30.1 Å². The number of likely N-dealkylation sites (N-methyl/N-ethyl adjacent to an activating group) is 1. The summed E-state index contributed by atoms with van der Waals surface area (Å²) in [4.78, 5) is 13.1. The average molecular weight is 259 g/mol. The highest BCUT2D eigenvalue weighted by atomic mass is 19.1. The van der Waals surface area contributed by atoms with Crippen LogP contribution in [0.4, 0.5) is 4.39 Å². The zero-order chi connectivity index (χ0) is 14.4. The van der Waals surface area contributed by atoms with Gasteiger partial charge in [-0.15, -0.1) is 12.3 Å². The molecule has 0 saturated carbocycles. The maximum Gasteiger partial charge on any atom is 0.240 e. The number of nitriles is 1. The molecule has 1 aromatic carbocycles. The molecule has 1 atom stereocenters. The summed E-state index contributed by atoms with van der Waals surface area (Å²) >= 11 is 0. The Morgan fingerprint density at radius 1 is 1.63 bits per heavy atom. The van der Waals surface area contributed by atoms with E-state index in [1.807, 2.05) is 6.07 Å². The summed E-state index contributed by atoms with van der Waals surface area (Å²) in [6.45, 7) is 0.0401. The molecule has 1 amide bonds. The van der Waals surface area contributed by atoms with Crippen LogP contribution in [0.3, 0.4) is 0 Å². The number of amides is 1. The Hall–Kier alpha value is -2.37. The first-order chi connectivity index (χ1) is 8.99. The number of carbonyl (C=O) groups is 1. The fourth-order valence-corrected chi connectivity index (χ4v) is 1.60. The van der Waals surface area contributed by atoms with Crippen LogP contribution in [-0.4, -0.2) is 23.9 Å². The Balaban J connectivity index is 2.83. The summed E-state index contributed by atoms with van der Waals surface area (Å²) in [7, 11) is 1.51. The van der Waals surface area contributed by atoms with Gasteiger partial charge in [0.05, 0.1) is 17.7 Å². The van der Waals surface area contributed by atoms with Crippen LogP contribution in [0.2, 0.25) is 0 Å². The van der Waals surface area contributed by atoms with E-state index >= 15 is 0 Å². The zero-order valence-corrected chi connectivity index (χ0v) is 10.6. The van der Waals surface area contributed by atoms with Crippen molar-refractivity contribution in [3.8, 4) is 18.4 Å². The molecular formula is C14H14FN3O. The van der Waals surface area contributed by atoms with Crippen molar-refractivity contribution in [2.24, 2.45) is 5.73 Å². The second kappa shape index (κ2) is 6.53. The third-order valence-electron chi connectivity index (χ3n) is 2.61. The lowest BCUT2D eigenvalue weighted by Gasteiger charge is -2.20. The summed E-state index contributed by atoms with van der Waals surface area (Å²) in [5.41, 5.74) is 6.20. The van der Waals surface area contributed by atoms with Crippen molar-refractivity contribution in [2.75, 3.05) is 7.05 Å². The molecule has 1 unspecified atom stereocenters.